The van der Waals surface area contributed by atoms with E-state index in [2.05, 4.69) is 48.4 Å². The Labute approximate surface area is 181 Å². The fourth-order valence-electron chi connectivity index (χ4n) is 2.87. The van der Waals surface area contributed by atoms with Crippen LogP contribution in [0.25, 0.3) is 11.4 Å². The summed E-state index contributed by atoms with van der Waals surface area (Å²) in [5, 5.41) is 11.3. The number of nitrogen functional groups attached to an aromatic ring is 1. The number of carbonyl (C=O) groups is 1. The number of amides is 1. The second-order valence-electron chi connectivity index (χ2n) is 7.95. The molecule has 8 heteroatoms. The number of benzene rings is 2. The lowest BCUT2D eigenvalue weighted by Gasteiger charge is -2.19. The highest BCUT2D eigenvalue weighted by Crippen LogP contribution is 2.29. The van der Waals surface area contributed by atoms with Gasteiger partial charge in [0.25, 0.3) is 0 Å². The van der Waals surface area contributed by atoms with Gasteiger partial charge in [0, 0.05) is 5.56 Å². The summed E-state index contributed by atoms with van der Waals surface area (Å²) in [7, 11) is 1.57. The van der Waals surface area contributed by atoms with Crippen molar-refractivity contribution in [3.8, 4) is 17.1 Å². The molecule has 3 N–H and O–H groups in total. The number of nitrogens with two attached hydrogens (primary N) is 1. The second-order valence-corrected chi connectivity index (χ2v) is 9.26. The van der Waals surface area contributed by atoms with E-state index in [1.54, 1.807) is 26.2 Å². The van der Waals surface area contributed by atoms with Crippen LogP contribution in [0.5, 0.6) is 5.75 Å². The van der Waals surface area contributed by atoms with Crippen molar-refractivity contribution in [2.45, 2.75) is 43.5 Å². The SMILES string of the molecule is COc1ccccc1NC(=O)[C@@H](C)Sc1nnc(-c2ccc(C(C)(C)C)cc2)n1N. The predicted octanol–water partition coefficient (Wildman–Crippen LogP) is 4.08. The minimum absolute atomic E-state index is 0.0696. The topological polar surface area (TPSA) is 95.1 Å². The molecule has 1 aromatic heterocycles. The first-order valence-corrected chi connectivity index (χ1v) is 10.5. The van der Waals surface area contributed by atoms with Crippen LogP contribution in [0, 0.1) is 0 Å². The largest absolute Gasteiger partial charge is 0.495 e. The number of thioether (sulfide) groups is 1. The molecule has 0 aliphatic heterocycles. The molecular weight excluding hydrogens is 398 g/mol. The minimum Gasteiger partial charge on any atom is -0.495 e. The van der Waals surface area contributed by atoms with Gasteiger partial charge < -0.3 is 15.9 Å². The standard InChI is InChI=1S/C22H27N5O2S/c1-14(20(28)24-17-8-6-7-9-18(17)29-5)30-21-26-25-19(27(21)23)15-10-12-16(13-11-15)22(2,3)4/h6-14H,23H2,1-5H3,(H,24,28)/t14-/m1/s1. The first-order valence-electron chi connectivity index (χ1n) is 9.62. The summed E-state index contributed by atoms with van der Waals surface area (Å²) in [4.78, 5) is 12.6. The lowest BCUT2D eigenvalue weighted by atomic mass is 9.87. The van der Waals surface area contributed by atoms with Crippen molar-refractivity contribution in [2.24, 2.45) is 0 Å². The Balaban J connectivity index is 1.72. The summed E-state index contributed by atoms with van der Waals surface area (Å²) in [5.41, 5.74) is 2.79. The van der Waals surface area contributed by atoms with Gasteiger partial charge in [0.1, 0.15) is 5.75 Å². The first-order chi connectivity index (χ1) is 14.2. The van der Waals surface area contributed by atoms with Crippen LogP contribution in [0.15, 0.2) is 53.7 Å². The molecule has 0 fully saturated rings. The second kappa shape index (κ2) is 8.79. The Hall–Kier alpha value is -3.00. The molecular formula is C22H27N5O2S. The average molecular weight is 426 g/mol. The lowest BCUT2D eigenvalue weighted by Crippen LogP contribution is -2.24. The van der Waals surface area contributed by atoms with Crippen LogP contribution in [0.3, 0.4) is 0 Å². The zero-order valence-electron chi connectivity index (χ0n) is 17.8. The van der Waals surface area contributed by atoms with Gasteiger partial charge >= 0.3 is 0 Å². The van der Waals surface area contributed by atoms with E-state index in [9.17, 15) is 4.79 Å². The number of hydrogen-bond donors (Lipinski definition) is 2. The number of hydrogen-bond acceptors (Lipinski definition) is 6. The summed E-state index contributed by atoms with van der Waals surface area (Å²) >= 11 is 1.25. The van der Waals surface area contributed by atoms with E-state index in [1.165, 1.54) is 22.0 Å². The van der Waals surface area contributed by atoms with E-state index in [4.69, 9.17) is 10.6 Å². The maximum Gasteiger partial charge on any atom is 0.237 e. The van der Waals surface area contributed by atoms with Crippen molar-refractivity contribution in [2.75, 3.05) is 18.3 Å². The maximum atomic E-state index is 12.6. The molecule has 7 nitrogen and oxygen atoms in total. The van der Waals surface area contributed by atoms with Gasteiger partial charge in [0.15, 0.2) is 5.82 Å². The molecule has 1 heterocycles. The zero-order valence-corrected chi connectivity index (χ0v) is 18.7. The van der Waals surface area contributed by atoms with Crippen molar-refractivity contribution in [3.05, 3.63) is 54.1 Å². The molecule has 158 valence electrons. The molecule has 3 aromatic rings. The number of nitrogens with one attached hydrogen (secondary N) is 1. The van der Waals surface area contributed by atoms with E-state index >= 15 is 0 Å². The van der Waals surface area contributed by atoms with Crippen LogP contribution >= 0.6 is 11.8 Å². The summed E-state index contributed by atoms with van der Waals surface area (Å²) in [6, 6.07) is 15.4. The Morgan fingerprint density at radius 1 is 1.13 bits per heavy atom. The summed E-state index contributed by atoms with van der Waals surface area (Å²) in [6.45, 7) is 8.29. The highest BCUT2D eigenvalue weighted by Gasteiger charge is 2.21. The van der Waals surface area contributed by atoms with Crippen LogP contribution < -0.4 is 15.9 Å². The summed E-state index contributed by atoms with van der Waals surface area (Å²) < 4.78 is 6.70. The maximum absolute atomic E-state index is 12.6. The molecule has 0 aliphatic rings. The third-order valence-electron chi connectivity index (χ3n) is 4.69. The molecule has 0 unspecified atom stereocenters. The number of aromatic nitrogens is 3. The number of ether oxygens (including phenoxy) is 1. The number of anilines is 1. The summed E-state index contributed by atoms with van der Waals surface area (Å²) in [5.74, 6) is 7.20. The molecule has 0 bridgehead atoms. The highest BCUT2D eigenvalue weighted by atomic mass is 32.2. The van der Waals surface area contributed by atoms with E-state index in [-0.39, 0.29) is 11.3 Å². The van der Waals surface area contributed by atoms with Crippen LogP contribution in [-0.4, -0.2) is 33.1 Å². The quantitative estimate of drug-likeness (QED) is 0.456. The van der Waals surface area contributed by atoms with Crippen LogP contribution in [0.1, 0.15) is 33.3 Å². The fourth-order valence-corrected chi connectivity index (χ4v) is 3.64. The Morgan fingerprint density at radius 2 is 1.80 bits per heavy atom. The number of carbonyl (C=O) groups excluding carboxylic acids is 1. The normalized spacial score (nSPS) is 12.4. The van der Waals surface area contributed by atoms with Crippen molar-refractivity contribution in [1.29, 1.82) is 0 Å². The molecule has 0 spiro atoms. The van der Waals surface area contributed by atoms with Crippen LogP contribution in [0.2, 0.25) is 0 Å². The third kappa shape index (κ3) is 4.76. The smallest absolute Gasteiger partial charge is 0.237 e. The molecule has 0 aliphatic carbocycles. The van der Waals surface area contributed by atoms with Gasteiger partial charge in [-0.15, -0.1) is 10.2 Å². The Kier molecular flexibility index (Phi) is 6.36. The van der Waals surface area contributed by atoms with Gasteiger partial charge in [-0.3, -0.25) is 4.79 Å². The van der Waals surface area contributed by atoms with Crippen molar-refractivity contribution >= 4 is 23.4 Å². The van der Waals surface area contributed by atoms with E-state index in [1.807, 2.05) is 24.3 Å². The zero-order chi connectivity index (χ0) is 21.9. The van der Waals surface area contributed by atoms with Crippen LogP contribution in [0.4, 0.5) is 5.69 Å². The number of rotatable bonds is 6. The van der Waals surface area contributed by atoms with E-state index in [0.29, 0.717) is 22.4 Å². The Bertz CT molecular complexity index is 1020. The molecule has 3 rings (SSSR count). The molecule has 2 aromatic carbocycles. The average Bonchev–Trinajstić information content (AvgIpc) is 3.08. The minimum atomic E-state index is -0.433. The van der Waals surface area contributed by atoms with Crippen molar-refractivity contribution in [3.63, 3.8) is 0 Å². The Morgan fingerprint density at radius 3 is 2.43 bits per heavy atom. The number of para-hydroxylation sites is 2. The molecule has 0 saturated carbocycles. The third-order valence-corrected chi connectivity index (χ3v) is 5.75. The van der Waals surface area contributed by atoms with Gasteiger partial charge in [-0.25, -0.2) is 4.68 Å². The van der Waals surface area contributed by atoms with Crippen LogP contribution in [-0.2, 0) is 10.2 Å². The highest BCUT2D eigenvalue weighted by molar-refractivity contribution is 8.00. The number of methoxy groups -OCH3 is 1. The van der Waals surface area contributed by atoms with E-state index < -0.39 is 5.25 Å². The monoisotopic (exact) mass is 425 g/mol. The lowest BCUT2D eigenvalue weighted by molar-refractivity contribution is -0.115. The molecule has 30 heavy (non-hydrogen) atoms. The van der Waals surface area contributed by atoms with Gasteiger partial charge in [-0.05, 0) is 30.0 Å². The van der Waals surface area contributed by atoms with Gasteiger partial charge in [0.05, 0.1) is 18.0 Å². The molecule has 0 saturated heterocycles. The van der Waals surface area contributed by atoms with Crippen molar-refractivity contribution < 1.29 is 9.53 Å². The van der Waals surface area contributed by atoms with Crippen molar-refractivity contribution in [1.82, 2.24) is 14.9 Å². The van der Waals surface area contributed by atoms with Gasteiger partial charge in [-0.2, -0.15) is 0 Å². The fraction of sp³-hybridized carbons (Fsp3) is 0.318. The number of nitrogens with zero attached hydrogens (tertiary/aromatic N) is 3. The molecule has 0 radical (unpaired) electrons. The van der Waals surface area contributed by atoms with Gasteiger partial charge in [0.2, 0.25) is 11.1 Å². The first kappa shape index (κ1) is 21.7. The predicted molar refractivity (Wildman–Crippen MR) is 121 cm³/mol. The molecule has 1 amide bonds. The summed E-state index contributed by atoms with van der Waals surface area (Å²) in [6.07, 6.45) is 0. The molecule has 1 atom stereocenters. The van der Waals surface area contributed by atoms with E-state index in [0.717, 1.165) is 5.56 Å². The van der Waals surface area contributed by atoms with Gasteiger partial charge in [-0.1, -0.05) is 68.9 Å².